The van der Waals surface area contributed by atoms with Gasteiger partial charge < -0.3 is 14.8 Å². The molecule has 1 aromatic heterocycles. The fourth-order valence-corrected chi connectivity index (χ4v) is 3.89. The van der Waals surface area contributed by atoms with Crippen molar-refractivity contribution in [3.63, 3.8) is 0 Å². The van der Waals surface area contributed by atoms with Gasteiger partial charge in [-0.15, -0.1) is 0 Å². The molecule has 2 saturated heterocycles. The van der Waals surface area contributed by atoms with Crippen molar-refractivity contribution in [1.29, 1.82) is 0 Å². The molecule has 4 rings (SSSR count). The Bertz CT molecular complexity index is 464. The minimum Gasteiger partial charge on any atom is -0.342 e. The molecule has 1 aliphatic carbocycles. The van der Waals surface area contributed by atoms with Gasteiger partial charge in [0.25, 0.3) is 0 Å². The molecule has 104 valence electrons. The Morgan fingerprint density at radius 1 is 1.21 bits per heavy atom. The molecule has 3 heterocycles. The molecule has 3 aliphatic rings. The SMILES string of the molecule is Cc1cn(C2CC2)c(N(C)C2CC3CCC(C2)N3)n1. The van der Waals surface area contributed by atoms with E-state index in [0.717, 1.165) is 23.8 Å². The second kappa shape index (κ2) is 4.23. The Balaban J connectivity index is 1.58. The molecule has 0 amide bonds. The molecule has 2 atom stereocenters. The van der Waals surface area contributed by atoms with Crippen molar-refractivity contribution < 1.29 is 0 Å². The molecule has 19 heavy (non-hydrogen) atoms. The van der Waals surface area contributed by atoms with Crippen molar-refractivity contribution in [2.24, 2.45) is 0 Å². The summed E-state index contributed by atoms with van der Waals surface area (Å²) in [7, 11) is 2.25. The fourth-order valence-electron chi connectivity index (χ4n) is 3.89. The van der Waals surface area contributed by atoms with E-state index in [0.29, 0.717) is 6.04 Å². The third-order valence-corrected chi connectivity index (χ3v) is 5.08. The van der Waals surface area contributed by atoms with Gasteiger partial charge in [0.1, 0.15) is 0 Å². The number of rotatable bonds is 3. The van der Waals surface area contributed by atoms with Crippen LogP contribution in [0, 0.1) is 6.92 Å². The van der Waals surface area contributed by atoms with Gasteiger partial charge in [0.15, 0.2) is 0 Å². The van der Waals surface area contributed by atoms with E-state index in [1.54, 1.807) is 0 Å². The predicted molar refractivity (Wildman–Crippen MR) is 76.6 cm³/mol. The largest absolute Gasteiger partial charge is 0.342 e. The average Bonchev–Trinajstić information content (AvgIpc) is 3.10. The van der Waals surface area contributed by atoms with Crippen LogP contribution >= 0.6 is 0 Å². The number of aryl methyl sites for hydroxylation is 1. The smallest absolute Gasteiger partial charge is 0.205 e. The van der Waals surface area contributed by atoms with Gasteiger partial charge in [0, 0.05) is 37.4 Å². The highest BCUT2D eigenvalue weighted by molar-refractivity contribution is 5.36. The molecule has 4 heteroatoms. The molecule has 1 N–H and O–H groups in total. The lowest BCUT2D eigenvalue weighted by atomic mass is 9.99. The molecule has 2 aliphatic heterocycles. The van der Waals surface area contributed by atoms with Crippen molar-refractivity contribution in [3.05, 3.63) is 11.9 Å². The van der Waals surface area contributed by atoms with Gasteiger partial charge >= 0.3 is 0 Å². The summed E-state index contributed by atoms with van der Waals surface area (Å²) in [5.74, 6) is 1.20. The van der Waals surface area contributed by atoms with Crippen molar-refractivity contribution in [2.75, 3.05) is 11.9 Å². The van der Waals surface area contributed by atoms with E-state index >= 15 is 0 Å². The Hall–Kier alpha value is -1.03. The average molecular weight is 260 g/mol. The quantitative estimate of drug-likeness (QED) is 0.905. The highest BCUT2D eigenvalue weighted by Crippen LogP contribution is 2.39. The standard InChI is InChI=1S/C15H24N4/c1-10-9-19(13-5-6-13)15(16-10)18(2)14-7-11-3-4-12(8-14)17-11/h9,11-14,17H,3-8H2,1-2H3. The third-order valence-electron chi connectivity index (χ3n) is 5.08. The van der Waals surface area contributed by atoms with E-state index < -0.39 is 0 Å². The van der Waals surface area contributed by atoms with Crippen LogP contribution in [-0.2, 0) is 0 Å². The molecule has 3 fully saturated rings. The summed E-state index contributed by atoms with van der Waals surface area (Å²) in [5.41, 5.74) is 1.16. The van der Waals surface area contributed by atoms with Crippen LogP contribution in [0.3, 0.4) is 0 Å². The number of hydrogen-bond donors (Lipinski definition) is 1. The van der Waals surface area contributed by atoms with Gasteiger partial charge in [-0.05, 0) is 45.4 Å². The van der Waals surface area contributed by atoms with Crippen LogP contribution in [0.4, 0.5) is 5.95 Å². The topological polar surface area (TPSA) is 33.1 Å². The summed E-state index contributed by atoms with van der Waals surface area (Å²) in [6, 6.07) is 2.88. The molecule has 0 radical (unpaired) electrons. The second-order valence-electron chi connectivity index (χ2n) is 6.69. The molecular weight excluding hydrogens is 236 g/mol. The number of piperidine rings is 1. The Morgan fingerprint density at radius 2 is 1.89 bits per heavy atom. The van der Waals surface area contributed by atoms with Gasteiger partial charge in [0.05, 0.1) is 5.69 Å². The molecule has 1 aromatic rings. The number of nitrogens with one attached hydrogen (secondary N) is 1. The number of imidazole rings is 1. The van der Waals surface area contributed by atoms with E-state index in [4.69, 9.17) is 4.98 Å². The molecule has 4 nitrogen and oxygen atoms in total. The Morgan fingerprint density at radius 3 is 2.53 bits per heavy atom. The van der Waals surface area contributed by atoms with Crippen molar-refractivity contribution in [1.82, 2.24) is 14.9 Å². The zero-order chi connectivity index (χ0) is 13.0. The number of fused-ring (bicyclic) bond motifs is 2. The maximum absolute atomic E-state index is 4.79. The summed E-state index contributed by atoms with van der Waals surface area (Å²) in [6.07, 6.45) is 10.2. The first-order chi connectivity index (χ1) is 9.20. The van der Waals surface area contributed by atoms with Crippen LogP contribution < -0.4 is 10.2 Å². The monoisotopic (exact) mass is 260 g/mol. The molecule has 0 spiro atoms. The van der Waals surface area contributed by atoms with E-state index in [1.165, 1.54) is 44.5 Å². The first kappa shape index (κ1) is 11.8. The van der Waals surface area contributed by atoms with Crippen LogP contribution in [0.15, 0.2) is 6.20 Å². The molecular formula is C15H24N4. The van der Waals surface area contributed by atoms with Crippen molar-refractivity contribution in [2.45, 2.75) is 69.6 Å². The van der Waals surface area contributed by atoms with Gasteiger partial charge in [-0.25, -0.2) is 4.98 Å². The van der Waals surface area contributed by atoms with E-state index in [1.807, 2.05) is 0 Å². The Labute approximate surface area is 115 Å². The van der Waals surface area contributed by atoms with Gasteiger partial charge in [-0.1, -0.05) is 0 Å². The Kier molecular flexibility index (Phi) is 2.62. The maximum Gasteiger partial charge on any atom is 0.205 e. The van der Waals surface area contributed by atoms with E-state index in [-0.39, 0.29) is 0 Å². The number of nitrogens with zero attached hydrogens (tertiary/aromatic N) is 3. The normalized spacial score (nSPS) is 33.7. The van der Waals surface area contributed by atoms with Crippen LogP contribution in [0.2, 0.25) is 0 Å². The lowest BCUT2D eigenvalue weighted by Crippen LogP contribution is -2.47. The first-order valence-electron chi connectivity index (χ1n) is 7.75. The number of anilines is 1. The van der Waals surface area contributed by atoms with Crippen LogP contribution in [-0.4, -0.2) is 34.7 Å². The molecule has 2 unspecified atom stereocenters. The maximum atomic E-state index is 4.79. The minimum atomic E-state index is 0.665. The van der Waals surface area contributed by atoms with E-state index in [2.05, 4.69) is 35.0 Å². The summed E-state index contributed by atoms with van der Waals surface area (Å²) in [6.45, 7) is 2.11. The summed E-state index contributed by atoms with van der Waals surface area (Å²) >= 11 is 0. The number of hydrogen-bond acceptors (Lipinski definition) is 3. The number of aromatic nitrogens is 2. The summed E-state index contributed by atoms with van der Waals surface area (Å²) < 4.78 is 2.42. The lowest BCUT2D eigenvalue weighted by molar-refractivity contribution is 0.351. The second-order valence-corrected chi connectivity index (χ2v) is 6.69. The first-order valence-corrected chi connectivity index (χ1v) is 7.75. The van der Waals surface area contributed by atoms with Crippen LogP contribution in [0.1, 0.15) is 50.3 Å². The predicted octanol–water partition coefficient (Wildman–Crippen LogP) is 2.25. The molecule has 0 aromatic carbocycles. The molecule has 2 bridgehead atoms. The van der Waals surface area contributed by atoms with Crippen LogP contribution in [0.5, 0.6) is 0 Å². The summed E-state index contributed by atoms with van der Waals surface area (Å²) in [5, 5.41) is 3.73. The third kappa shape index (κ3) is 2.06. The minimum absolute atomic E-state index is 0.665. The zero-order valence-corrected chi connectivity index (χ0v) is 12.0. The zero-order valence-electron chi connectivity index (χ0n) is 12.0. The fraction of sp³-hybridized carbons (Fsp3) is 0.800. The van der Waals surface area contributed by atoms with Crippen molar-refractivity contribution in [3.8, 4) is 0 Å². The van der Waals surface area contributed by atoms with Crippen LogP contribution in [0.25, 0.3) is 0 Å². The highest BCUT2D eigenvalue weighted by atomic mass is 15.3. The summed E-state index contributed by atoms with van der Waals surface area (Å²) in [4.78, 5) is 7.24. The molecule has 1 saturated carbocycles. The van der Waals surface area contributed by atoms with Gasteiger partial charge in [-0.3, -0.25) is 0 Å². The van der Waals surface area contributed by atoms with E-state index in [9.17, 15) is 0 Å². The highest BCUT2D eigenvalue weighted by Gasteiger charge is 2.37. The lowest BCUT2D eigenvalue weighted by Gasteiger charge is -2.36. The van der Waals surface area contributed by atoms with Gasteiger partial charge in [-0.2, -0.15) is 0 Å². The van der Waals surface area contributed by atoms with Crippen molar-refractivity contribution >= 4 is 5.95 Å². The van der Waals surface area contributed by atoms with Gasteiger partial charge in [0.2, 0.25) is 5.95 Å².